The molecule has 1 aliphatic rings. The zero-order valence-corrected chi connectivity index (χ0v) is 25.5. The van der Waals surface area contributed by atoms with Crippen LogP contribution in [0.5, 0.6) is 0 Å². The molecule has 6 nitrogen and oxygen atoms in total. The summed E-state index contributed by atoms with van der Waals surface area (Å²) in [6.07, 6.45) is 4.18. The molecule has 0 aliphatic carbocycles. The third kappa shape index (κ3) is 8.65. The number of hydrogen-bond donors (Lipinski definition) is 2. The fourth-order valence-corrected chi connectivity index (χ4v) is 6.13. The van der Waals surface area contributed by atoms with E-state index in [1.807, 2.05) is 42.5 Å². The zero-order chi connectivity index (χ0) is 30.6. The van der Waals surface area contributed by atoms with Crippen molar-refractivity contribution in [2.45, 2.75) is 51.2 Å². The molecule has 0 atom stereocenters. The number of amides is 2. The minimum absolute atomic E-state index is 0.131. The highest BCUT2D eigenvalue weighted by Gasteiger charge is 2.28. The van der Waals surface area contributed by atoms with Crippen molar-refractivity contribution in [1.29, 1.82) is 0 Å². The zero-order valence-electron chi connectivity index (χ0n) is 25.5. The first-order valence-electron chi connectivity index (χ1n) is 15.9. The van der Waals surface area contributed by atoms with Gasteiger partial charge in [0.2, 0.25) is 5.91 Å². The van der Waals surface area contributed by atoms with Crippen LogP contribution in [0.15, 0.2) is 109 Å². The van der Waals surface area contributed by atoms with Crippen molar-refractivity contribution in [2.75, 3.05) is 26.2 Å². The molecular weight excluding hydrogens is 544 g/mol. The quantitative estimate of drug-likeness (QED) is 0.199. The van der Waals surface area contributed by atoms with E-state index in [9.17, 15) is 9.59 Å². The molecule has 0 aromatic heterocycles. The number of aryl methyl sites for hydroxylation is 1. The lowest BCUT2D eigenvalue weighted by Crippen LogP contribution is -2.46. The van der Waals surface area contributed by atoms with E-state index < -0.39 is 0 Å². The Bertz CT molecular complexity index is 1480. The Morgan fingerprint density at radius 3 is 2.18 bits per heavy atom. The molecule has 1 saturated heterocycles. The maximum atomic E-state index is 13.9. The van der Waals surface area contributed by atoms with Crippen LogP contribution in [-0.4, -0.2) is 53.8 Å². The molecule has 228 valence electrons. The normalized spacial score (nSPS) is 13.8. The van der Waals surface area contributed by atoms with Gasteiger partial charge in [0.1, 0.15) is 0 Å². The number of hydrogen-bond acceptors (Lipinski definition) is 4. The van der Waals surface area contributed by atoms with Crippen molar-refractivity contribution in [3.05, 3.63) is 131 Å². The summed E-state index contributed by atoms with van der Waals surface area (Å²) in [5.41, 5.74) is 11.7. The van der Waals surface area contributed by atoms with Gasteiger partial charge in [-0.1, -0.05) is 97.1 Å². The molecular formula is C38H44N4O2. The van der Waals surface area contributed by atoms with Gasteiger partial charge in [0.15, 0.2) is 0 Å². The van der Waals surface area contributed by atoms with Gasteiger partial charge in [-0.15, -0.1) is 0 Å². The van der Waals surface area contributed by atoms with E-state index in [1.54, 1.807) is 0 Å². The van der Waals surface area contributed by atoms with Crippen LogP contribution < -0.4 is 11.1 Å². The maximum absolute atomic E-state index is 13.9. The van der Waals surface area contributed by atoms with Crippen molar-refractivity contribution >= 4 is 11.8 Å². The van der Waals surface area contributed by atoms with E-state index in [0.29, 0.717) is 31.6 Å². The lowest BCUT2D eigenvalue weighted by atomic mass is 9.96. The Morgan fingerprint density at radius 1 is 0.795 bits per heavy atom. The standard InChI is InChI=1S/C38H44N4O2/c39-23-24-40-38(44)36-19-8-7-18-35(36)33-17-9-16-32(27-33)29-42(37(43)20-10-15-30-11-3-1-4-12-30)34-21-25-41(26-22-34)28-31-13-5-2-6-14-31/h1-9,11-14,16-19,27,34H,10,15,20-26,28-29,39H2,(H,40,44). The second-order valence-electron chi connectivity index (χ2n) is 11.6. The van der Waals surface area contributed by atoms with E-state index in [0.717, 1.165) is 62.0 Å². The highest BCUT2D eigenvalue weighted by molar-refractivity contribution is 6.00. The Balaban J connectivity index is 1.31. The van der Waals surface area contributed by atoms with Crippen molar-refractivity contribution in [3.8, 4) is 11.1 Å². The van der Waals surface area contributed by atoms with Crippen molar-refractivity contribution < 1.29 is 9.59 Å². The first-order chi connectivity index (χ1) is 21.6. The Morgan fingerprint density at radius 2 is 1.45 bits per heavy atom. The van der Waals surface area contributed by atoms with E-state index in [4.69, 9.17) is 5.73 Å². The van der Waals surface area contributed by atoms with Crippen molar-refractivity contribution in [2.24, 2.45) is 5.73 Å². The predicted molar refractivity (Wildman–Crippen MR) is 178 cm³/mol. The number of nitrogens with two attached hydrogens (primary N) is 1. The van der Waals surface area contributed by atoms with Crippen LogP contribution in [0.4, 0.5) is 0 Å². The van der Waals surface area contributed by atoms with Gasteiger partial charge >= 0.3 is 0 Å². The van der Waals surface area contributed by atoms with Gasteiger partial charge in [-0.3, -0.25) is 14.5 Å². The first kappa shape index (κ1) is 31.2. The minimum Gasteiger partial charge on any atom is -0.351 e. The molecule has 0 radical (unpaired) electrons. The molecule has 0 spiro atoms. The summed E-state index contributed by atoms with van der Waals surface area (Å²) in [4.78, 5) is 31.4. The van der Waals surface area contributed by atoms with Gasteiger partial charge < -0.3 is 16.0 Å². The van der Waals surface area contributed by atoms with Crippen LogP contribution in [0, 0.1) is 0 Å². The molecule has 5 rings (SSSR count). The second-order valence-corrected chi connectivity index (χ2v) is 11.6. The third-order valence-corrected chi connectivity index (χ3v) is 8.46. The van der Waals surface area contributed by atoms with E-state index >= 15 is 0 Å². The van der Waals surface area contributed by atoms with Crippen molar-refractivity contribution in [1.82, 2.24) is 15.1 Å². The van der Waals surface area contributed by atoms with Crippen LogP contribution in [0.3, 0.4) is 0 Å². The van der Waals surface area contributed by atoms with Gasteiger partial charge in [0, 0.05) is 57.3 Å². The van der Waals surface area contributed by atoms with Gasteiger partial charge in [-0.05, 0) is 65.6 Å². The lowest BCUT2D eigenvalue weighted by Gasteiger charge is -2.39. The summed E-state index contributed by atoms with van der Waals surface area (Å²) in [5.74, 6) is 0.0864. The van der Waals surface area contributed by atoms with E-state index in [1.165, 1.54) is 11.1 Å². The molecule has 1 fully saturated rings. The number of likely N-dealkylation sites (tertiary alicyclic amines) is 1. The molecule has 4 aromatic rings. The number of carbonyl (C=O) groups excluding carboxylic acids is 2. The van der Waals surface area contributed by atoms with Gasteiger partial charge in [0.05, 0.1) is 0 Å². The number of rotatable bonds is 13. The fraction of sp³-hybridized carbons (Fsp3) is 0.316. The largest absolute Gasteiger partial charge is 0.351 e. The summed E-state index contributed by atoms with van der Waals surface area (Å²) in [6.45, 7) is 4.27. The molecule has 1 aliphatic heterocycles. The van der Waals surface area contributed by atoms with Gasteiger partial charge in [0.25, 0.3) is 5.91 Å². The predicted octanol–water partition coefficient (Wildman–Crippen LogP) is 6.06. The molecule has 1 heterocycles. The first-order valence-corrected chi connectivity index (χ1v) is 15.9. The number of nitrogens with one attached hydrogen (secondary N) is 1. The molecule has 0 unspecified atom stereocenters. The van der Waals surface area contributed by atoms with Gasteiger partial charge in [-0.2, -0.15) is 0 Å². The topological polar surface area (TPSA) is 78.7 Å². The van der Waals surface area contributed by atoms with Crippen LogP contribution in [0.25, 0.3) is 11.1 Å². The van der Waals surface area contributed by atoms with Crippen LogP contribution in [0.2, 0.25) is 0 Å². The number of nitrogens with zero attached hydrogens (tertiary/aromatic N) is 2. The number of carbonyl (C=O) groups is 2. The fourth-order valence-electron chi connectivity index (χ4n) is 6.13. The Labute approximate surface area is 261 Å². The Hall–Kier alpha value is -4.26. The number of piperidine rings is 1. The lowest BCUT2D eigenvalue weighted by molar-refractivity contribution is -0.135. The van der Waals surface area contributed by atoms with E-state index in [2.05, 4.69) is 81.8 Å². The molecule has 44 heavy (non-hydrogen) atoms. The minimum atomic E-state index is -0.131. The van der Waals surface area contributed by atoms with Gasteiger partial charge in [-0.25, -0.2) is 0 Å². The summed E-state index contributed by atoms with van der Waals surface area (Å²) >= 11 is 0. The monoisotopic (exact) mass is 588 g/mol. The average molecular weight is 589 g/mol. The summed E-state index contributed by atoms with van der Waals surface area (Å²) in [7, 11) is 0. The molecule has 6 heteroatoms. The van der Waals surface area contributed by atoms with Crippen LogP contribution in [-0.2, 0) is 24.3 Å². The molecule has 0 saturated carbocycles. The summed E-state index contributed by atoms with van der Waals surface area (Å²) in [5, 5.41) is 2.89. The van der Waals surface area contributed by atoms with Crippen LogP contribution >= 0.6 is 0 Å². The van der Waals surface area contributed by atoms with Crippen LogP contribution in [0.1, 0.15) is 52.7 Å². The molecule has 2 amide bonds. The summed E-state index contributed by atoms with van der Waals surface area (Å²) < 4.78 is 0. The highest BCUT2D eigenvalue weighted by Crippen LogP contribution is 2.27. The molecule has 0 bridgehead atoms. The smallest absolute Gasteiger partial charge is 0.251 e. The van der Waals surface area contributed by atoms with Crippen molar-refractivity contribution in [3.63, 3.8) is 0 Å². The second kappa shape index (κ2) is 16.0. The molecule has 3 N–H and O–H groups in total. The third-order valence-electron chi connectivity index (χ3n) is 8.46. The number of benzene rings is 4. The van der Waals surface area contributed by atoms with E-state index in [-0.39, 0.29) is 17.9 Å². The SMILES string of the molecule is NCCNC(=O)c1ccccc1-c1cccc(CN(C(=O)CCCc2ccccc2)C2CCN(Cc3ccccc3)CC2)c1. The average Bonchev–Trinajstić information content (AvgIpc) is 3.07. The summed E-state index contributed by atoms with van der Waals surface area (Å²) in [6, 6.07) is 37.1. The maximum Gasteiger partial charge on any atom is 0.251 e. The Kier molecular flexibility index (Phi) is 11.3. The molecule has 4 aromatic carbocycles. The highest BCUT2D eigenvalue weighted by atomic mass is 16.2.